The molecule has 6 heteroatoms. The maximum absolute atomic E-state index is 13.0. The maximum Gasteiger partial charge on any atom is 0.341 e. The lowest BCUT2D eigenvalue weighted by molar-refractivity contribution is -0.130. The second kappa shape index (κ2) is 8.25. The summed E-state index contributed by atoms with van der Waals surface area (Å²) in [5, 5.41) is 4.99. The highest BCUT2D eigenvalue weighted by Crippen LogP contribution is 2.26. The van der Waals surface area contributed by atoms with Gasteiger partial charge in [0, 0.05) is 27.9 Å². The largest absolute Gasteiger partial charge is 0.444 e. The van der Waals surface area contributed by atoms with Crippen molar-refractivity contribution in [3.63, 3.8) is 0 Å². The van der Waals surface area contributed by atoms with E-state index in [-0.39, 0.29) is 11.9 Å². The normalized spacial score (nSPS) is 14.4. The molecule has 4 rings (SSSR count). The van der Waals surface area contributed by atoms with Crippen LogP contribution in [0, 0.1) is 13.8 Å². The van der Waals surface area contributed by atoms with E-state index in [2.05, 4.69) is 16.0 Å². The molecule has 0 bridgehead atoms. The number of nitrogens with zero attached hydrogens (tertiary/aromatic N) is 1. The van der Waals surface area contributed by atoms with Crippen molar-refractivity contribution in [2.75, 3.05) is 0 Å². The van der Waals surface area contributed by atoms with Crippen LogP contribution >= 0.6 is 11.3 Å². The van der Waals surface area contributed by atoms with Gasteiger partial charge in [0.25, 0.3) is 5.91 Å². The minimum absolute atomic E-state index is 0.197. The van der Waals surface area contributed by atoms with Gasteiger partial charge in [-0.05, 0) is 44.2 Å². The number of carbonyl (C=O) groups excluding carboxylic acids is 2. The summed E-state index contributed by atoms with van der Waals surface area (Å²) in [7, 11) is 0. The van der Waals surface area contributed by atoms with E-state index in [0.717, 1.165) is 24.2 Å². The molecule has 1 N–H and O–H groups in total. The zero-order valence-electron chi connectivity index (χ0n) is 16.6. The van der Waals surface area contributed by atoms with Gasteiger partial charge in [-0.3, -0.25) is 4.79 Å². The summed E-state index contributed by atoms with van der Waals surface area (Å²) in [6.07, 6.45) is 1.00. The number of hydrogen-bond donors (Lipinski definition) is 1. The molecular weight excluding hydrogens is 384 g/mol. The van der Waals surface area contributed by atoms with Crippen molar-refractivity contribution >= 4 is 23.2 Å². The molecule has 2 heterocycles. The Bertz CT molecular complexity index is 1000. The summed E-state index contributed by atoms with van der Waals surface area (Å²) in [6.45, 7) is 4.61. The van der Waals surface area contributed by atoms with Gasteiger partial charge in [0.15, 0.2) is 0 Å². The number of nitrogens with one attached hydrogen (secondary N) is 1. The van der Waals surface area contributed by atoms with Crippen LogP contribution in [0.25, 0.3) is 0 Å². The van der Waals surface area contributed by atoms with Crippen LogP contribution < -0.4 is 5.32 Å². The molecule has 1 aliphatic carbocycles. The van der Waals surface area contributed by atoms with E-state index < -0.39 is 12.1 Å². The smallest absolute Gasteiger partial charge is 0.341 e. The molecule has 150 valence electrons. The van der Waals surface area contributed by atoms with Crippen LogP contribution in [0.5, 0.6) is 0 Å². The Morgan fingerprint density at radius 1 is 1.17 bits per heavy atom. The van der Waals surface area contributed by atoms with Crippen molar-refractivity contribution in [1.82, 2.24) is 9.88 Å². The van der Waals surface area contributed by atoms with Crippen LogP contribution in [0.3, 0.4) is 0 Å². The maximum atomic E-state index is 13.0. The third-order valence-electron chi connectivity index (χ3n) is 5.18. The molecule has 0 spiro atoms. The minimum atomic E-state index is -0.954. The average Bonchev–Trinajstić information content (AvgIpc) is 3.29. The van der Waals surface area contributed by atoms with Crippen LogP contribution in [0.1, 0.15) is 51.1 Å². The average molecular weight is 409 g/mol. The molecule has 2 aromatic heterocycles. The molecule has 5 nitrogen and oxygen atoms in total. The van der Waals surface area contributed by atoms with E-state index in [1.54, 1.807) is 11.3 Å². The van der Waals surface area contributed by atoms with Crippen molar-refractivity contribution in [3.8, 4) is 0 Å². The number of rotatable bonds is 7. The molecule has 1 amide bonds. The topological polar surface area (TPSA) is 60.3 Å². The first kappa shape index (κ1) is 19.5. The first-order valence-electron chi connectivity index (χ1n) is 9.78. The summed E-state index contributed by atoms with van der Waals surface area (Å²) in [5.41, 5.74) is 3.00. The molecule has 29 heavy (non-hydrogen) atoms. The monoisotopic (exact) mass is 408 g/mol. The number of benzene rings is 1. The summed E-state index contributed by atoms with van der Waals surface area (Å²) in [6, 6.07) is 15.3. The summed E-state index contributed by atoms with van der Waals surface area (Å²) in [4.78, 5) is 27.0. The number of esters is 1. The number of ether oxygens (including phenoxy) is 1. The third kappa shape index (κ3) is 4.43. The van der Waals surface area contributed by atoms with Crippen molar-refractivity contribution < 1.29 is 14.3 Å². The van der Waals surface area contributed by atoms with Gasteiger partial charge >= 0.3 is 5.97 Å². The highest BCUT2D eigenvalue weighted by molar-refractivity contribution is 7.09. The standard InChI is InChI=1S/C23H24N2O3S/c1-15-13-20(16(2)25(15)14-19-9-6-12-29-19)23(27)28-21(17-7-4-3-5-8-17)22(26)24-18-10-11-18/h3-9,12-13,18,21H,10-11,14H2,1-2H3,(H,24,26). The van der Waals surface area contributed by atoms with E-state index in [4.69, 9.17) is 4.74 Å². The summed E-state index contributed by atoms with van der Waals surface area (Å²) >= 11 is 1.69. The molecule has 1 atom stereocenters. The van der Waals surface area contributed by atoms with Gasteiger partial charge in [0.2, 0.25) is 6.10 Å². The van der Waals surface area contributed by atoms with E-state index in [9.17, 15) is 9.59 Å². The Balaban J connectivity index is 1.56. The van der Waals surface area contributed by atoms with Gasteiger partial charge in [0.05, 0.1) is 12.1 Å². The zero-order valence-corrected chi connectivity index (χ0v) is 17.4. The number of aromatic nitrogens is 1. The van der Waals surface area contributed by atoms with E-state index in [1.807, 2.05) is 61.7 Å². The summed E-state index contributed by atoms with van der Waals surface area (Å²) < 4.78 is 7.84. The third-order valence-corrected chi connectivity index (χ3v) is 6.04. The quantitative estimate of drug-likeness (QED) is 0.590. The van der Waals surface area contributed by atoms with Crippen molar-refractivity contribution in [2.24, 2.45) is 0 Å². The molecule has 1 saturated carbocycles. The van der Waals surface area contributed by atoms with Crippen molar-refractivity contribution in [2.45, 2.75) is 45.4 Å². The predicted molar refractivity (Wildman–Crippen MR) is 113 cm³/mol. The van der Waals surface area contributed by atoms with Crippen LogP contribution in [0.4, 0.5) is 0 Å². The van der Waals surface area contributed by atoms with Crippen LogP contribution in [-0.2, 0) is 16.1 Å². The van der Waals surface area contributed by atoms with Crippen LogP contribution in [0.2, 0.25) is 0 Å². The fourth-order valence-corrected chi connectivity index (χ4v) is 4.08. The Morgan fingerprint density at radius 2 is 1.93 bits per heavy atom. The van der Waals surface area contributed by atoms with Gasteiger partial charge in [-0.1, -0.05) is 36.4 Å². The van der Waals surface area contributed by atoms with Crippen LogP contribution in [-0.4, -0.2) is 22.5 Å². The van der Waals surface area contributed by atoms with Crippen molar-refractivity contribution in [3.05, 3.63) is 81.3 Å². The molecule has 0 saturated heterocycles. The number of hydrogen-bond acceptors (Lipinski definition) is 4. The molecule has 1 aliphatic rings. The number of amides is 1. The molecule has 1 unspecified atom stereocenters. The molecule has 0 aliphatic heterocycles. The Morgan fingerprint density at radius 3 is 2.59 bits per heavy atom. The lowest BCUT2D eigenvalue weighted by Gasteiger charge is -2.18. The fourth-order valence-electron chi connectivity index (χ4n) is 3.39. The number of carbonyl (C=O) groups is 2. The molecule has 1 fully saturated rings. The summed E-state index contributed by atoms with van der Waals surface area (Å²) in [5.74, 6) is -0.741. The fraction of sp³-hybridized carbons (Fsp3) is 0.304. The van der Waals surface area contributed by atoms with Gasteiger partial charge in [-0.2, -0.15) is 0 Å². The molecule has 1 aromatic carbocycles. The first-order chi connectivity index (χ1) is 14.0. The highest BCUT2D eigenvalue weighted by Gasteiger charge is 2.31. The predicted octanol–water partition coefficient (Wildman–Crippen LogP) is 4.39. The second-order valence-corrected chi connectivity index (χ2v) is 8.46. The lowest BCUT2D eigenvalue weighted by atomic mass is 10.1. The molecule has 3 aromatic rings. The Kier molecular flexibility index (Phi) is 5.53. The van der Waals surface area contributed by atoms with Gasteiger partial charge in [-0.25, -0.2) is 4.79 Å². The number of thiophene rings is 1. The minimum Gasteiger partial charge on any atom is -0.444 e. The van der Waals surface area contributed by atoms with Gasteiger partial charge in [0.1, 0.15) is 0 Å². The zero-order chi connectivity index (χ0) is 20.4. The van der Waals surface area contributed by atoms with E-state index in [0.29, 0.717) is 17.7 Å². The number of aryl methyl sites for hydroxylation is 1. The van der Waals surface area contributed by atoms with Crippen molar-refractivity contribution in [1.29, 1.82) is 0 Å². The van der Waals surface area contributed by atoms with E-state index >= 15 is 0 Å². The second-order valence-electron chi connectivity index (χ2n) is 7.43. The van der Waals surface area contributed by atoms with E-state index in [1.165, 1.54) is 4.88 Å². The highest BCUT2D eigenvalue weighted by atomic mass is 32.1. The molecule has 0 radical (unpaired) electrons. The molecular formula is C23H24N2O3S. The lowest BCUT2D eigenvalue weighted by Crippen LogP contribution is -2.33. The Labute approximate surface area is 174 Å². The van der Waals surface area contributed by atoms with Crippen LogP contribution in [0.15, 0.2) is 53.9 Å². The van der Waals surface area contributed by atoms with Gasteiger partial charge in [-0.15, -0.1) is 11.3 Å². The van der Waals surface area contributed by atoms with Gasteiger partial charge < -0.3 is 14.6 Å². The Hall–Kier alpha value is -2.86. The SMILES string of the molecule is Cc1cc(C(=O)OC(C(=O)NC2CC2)c2ccccc2)c(C)n1Cc1cccs1. The first-order valence-corrected chi connectivity index (χ1v) is 10.7.